The van der Waals surface area contributed by atoms with E-state index in [0.717, 1.165) is 11.8 Å². The molecule has 0 aliphatic rings. The van der Waals surface area contributed by atoms with E-state index in [0.29, 0.717) is 0 Å². The maximum atomic E-state index is 2.39. The summed E-state index contributed by atoms with van der Waals surface area (Å²) in [5.74, 6) is 1.74. The van der Waals surface area contributed by atoms with Crippen molar-refractivity contribution in [1.29, 1.82) is 0 Å². The van der Waals surface area contributed by atoms with Crippen LogP contribution in [0.4, 0.5) is 0 Å². The van der Waals surface area contributed by atoms with Gasteiger partial charge in [-0.3, -0.25) is 0 Å². The molecule has 0 heteroatoms. The first kappa shape index (κ1) is 13.3. The minimum absolute atomic E-state index is 0.862. The highest BCUT2D eigenvalue weighted by Gasteiger charge is 2.03. The fraction of sp³-hybridized carbons (Fsp3) is 0.625. The van der Waals surface area contributed by atoms with Crippen molar-refractivity contribution in [3.63, 3.8) is 0 Å². The smallest absolute Gasteiger partial charge is 0.0276 e. The molecular weight excluding hydrogens is 192 g/mol. The Kier molecular flexibility index (Phi) is 6.22. The average Bonchev–Trinajstić information content (AvgIpc) is 2.27. The monoisotopic (exact) mass is 218 g/mol. The Labute approximate surface area is 101 Å². The highest BCUT2D eigenvalue weighted by atomic mass is 14.1. The van der Waals surface area contributed by atoms with E-state index in [1.165, 1.54) is 37.7 Å². The van der Waals surface area contributed by atoms with Crippen molar-refractivity contribution in [2.75, 3.05) is 0 Å². The second kappa shape index (κ2) is 7.49. The second-order valence-corrected chi connectivity index (χ2v) is 5.45. The van der Waals surface area contributed by atoms with E-state index < -0.39 is 0 Å². The maximum Gasteiger partial charge on any atom is -0.0276 e. The SMILES string of the molecule is CC(C)CCCC(C)CCc1ccccc1. The van der Waals surface area contributed by atoms with Gasteiger partial charge in [-0.1, -0.05) is 70.4 Å². The molecule has 1 rings (SSSR count). The highest BCUT2D eigenvalue weighted by molar-refractivity contribution is 5.14. The quantitative estimate of drug-likeness (QED) is 0.598. The third kappa shape index (κ3) is 5.95. The summed E-state index contributed by atoms with van der Waals surface area (Å²) in [5.41, 5.74) is 1.48. The first-order valence-electron chi connectivity index (χ1n) is 6.72. The zero-order valence-corrected chi connectivity index (χ0v) is 11.1. The Balaban J connectivity index is 2.13. The van der Waals surface area contributed by atoms with Crippen molar-refractivity contribution >= 4 is 0 Å². The molecule has 0 N–H and O–H groups in total. The topological polar surface area (TPSA) is 0 Å². The van der Waals surface area contributed by atoms with Crippen LogP contribution in [0.5, 0.6) is 0 Å². The van der Waals surface area contributed by atoms with Crippen molar-refractivity contribution in [1.82, 2.24) is 0 Å². The van der Waals surface area contributed by atoms with Crippen molar-refractivity contribution in [2.24, 2.45) is 11.8 Å². The molecule has 0 nitrogen and oxygen atoms in total. The summed E-state index contributed by atoms with van der Waals surface area (Å²) >= 11 is 0. The van der Waals surface area contributed by atoms with Gasteiger partial charge in [0.05, 0.1) is 0 Å². The van der Waals surface area contributed by atoms with Gasteiger partial charge in [0.1, 0.15) is 0 Å². The molecule has 1 atom stereocenters. The molecule has 90 valence electrons. The van der Waals surface area contributed by atoms with Crippen LogP contribution >= 0.6 is 0 Å². The van der Waals surface area contributed by atoms with Gasteiger partial charge < -0.3 is 0 Å². The van der Waals surface area contributed by atoms with E-state index in [1.54, 1.807) is 0 Å². The van der Waals surface area contributed by atoms with Crippen LogP contribution in [0.2, 0.25) is 0 Å². The summed E-state index contributed by atoms with van der Waals surface area (Å²) < 4.78 is 0. The molecule has 0 aliphatic heterocycles. The Morgan fingerprint density at radius 3 is 2.19 bits per heavy atom. The number of rotatable bonds is 7. The lowest BCUT2D eigenvalue weighted by Crippen LogP contribution is -1.99. The molecular formula is C16H26. The molecule has 0 amide bonds. The molecule has 1 aromatic rings. The molecule has 0 saturated carbocycles. The molecule has 0 bridgehead atoms. The summed E-state index contributed by atoms with van der Waals surface area (Å²) in [6, 6.07) is 10.8. The zero-order chi connectivity index (χ0) is 11.8. The summed E-state index contributed by atoms with van der Waals surface area (Å²) in [7, 11) is 0. The molecule has 1 unspecified atom stereocenters. The van der Waals surface area contributed by atoms with Gasteiger partial charge in [-0.2, -0.15) is 0 Å². The van der Waals surface area contributed by atoms with Gasteiger partial charge in [-0.05, 0) is 30.2 Å². The van der Waals surface area contributed by atoms with Gasteiger partial charge in [0.25, 0.3) is 0 Å². The largest absolute Gasteiger partial charge is 0.0628 e. The third-order valence-electron chi connectivity index (χ3n) is 3.25. The Bertz CT molecular complexity index is 261. The van der Waals surface area contributed by atoms with E-state index >= 15 is 0 Å². The average molecular weight is 218 g/mol. The van der Waals surface area contributed by atoms with Crippen molar-refractivity contribution in [3.05, 3.63) is 35.9 Å². The van der Waals surface area contributed by atoms with Crippen LogP contribution in [0.3, 0.4) is 0 Å². The molecule has 0 aromatic heterocycles. The first-order chi connectivity index (χ1) is 7.68. The Morgan fingerprint density at radius 1 is 0.875 bits per heavy atom. The van der Waals surface area contributed by atoms with E-state index in [9.17, 15) is 0 Å². The van der Waals surface area contributed by atoms with Crippen LogP contribution in [0.25, 0.3) is 0 Å². The lowest BCUT2D eigenvalue weighted by molar-refractivity contribution is 0.437. The van der Waals surface area contributed by atoms with Crippen LogP contribution in [0.15, 0.2) is 30.3 Å². The maximum absolute atomic E-state index is 2.39. The van der Waals surface area contributed by atoms with E-state index in [4.69, 9.17) is 0 Å². The Morgan fingerprint density at radius 2 is 1.56 bits per heavy atom. The normalized spacial score (nSPS) is 13.0. The highest BCUT2D eigenvalue weighted by Crippen LogP contribution is 2.17. The van der Waals surface area contributed by atoms with Crippen LogP contribution in [0, 0.1) is 11.8 Å². The standard InChI is InChI=1S/C16H26/c1-14(2)8-7-9-15(3)12-13-16-10-5-4-6-11-16/h4-6,10-11,14-15H,7-9,12-13H2,1-3H3. The summed E-state index contributed by atoms with van der Waals surface area (Å²) in [5, 5.41) is 0. The van der Waals surface area contributed by atoms with Gasteiger partial charge in [-0.25, -0.2) is 0 Å². The lowest BCUT2D eigenvalue weighted by atomic mass is 9.94. The summed E-state index contributed by atoms with van der Waals surface area (Å²) in [6.07, 6.45) is 6.75. The predicted octanol–water partition coefficient (Wildman–Crippen LogP) is 5.08. The van der Waals surface area contributed by atoms with Crippen molar-refractivity contribution in [2.45, 2.75) is 52.9 Å². The molecule has 0 heterocycles. The number of hydrogen-bond donors (Lipinski definition) is 0. The summed E-state index contributed by atoms with van der Waals surface area (Å²) in [4.78, 5) is 0. The van der Waals surface area contributed by atoms with Gasteiger partial charge in [-0.15, -0.1) is 0 Å². The van der Waals surface area contributed by atoms with E-state index in [-0.39, 0.29) is 0 Å². The third-order valence-corrected chi connectivity index (χ3v) is 3.25. The molecule has 16 heavy (non-hydrogen) atoms. The number of benzene rings is 1. The van der Waals surface area contributed by atoms with Crippen molar-refractivity contribution in [3.8, 4) is 0 Å². The number of aryl methyl sites for hydroxylation is 1. The molecule has 0 fully saturated rings. The van der Waals surface area contributed by atoms with Crippen molar-refractivity contribution < 1.29 is 0 Å². The van der Waals surface area contributed by atoms with Crippen LogP contribution in [0.1, 0.15) is 52.0 Å². The first-order valence-corrected chi connectivity index (χ1v) is 6.72. The van der Waals surface area contributed by atoms with Crippen LogP contribution in [-0.2, 0) is 6.42 Å². The van der Waals surface area contributed by atoms with E-state index in [2.05, 4.69) is 51.1 Å². The zero-order valence-electron chi connectivity index (χ0n) is 11.1. The van der Waals surface area contributed by atoms with Gasteiger partial charge >= 0.3 is 0 Å². The van der Waals surface area contributed by atoms with Crippen LogP contribution < -0.4 is 0 Å². The second-order valence-electron chi connectivity index (χ2n) is 5.45. The fourth-order valence-electron chi connectivity index (χ4n) is 2.08. The molecule has 0 radical (unpaired) electrons. The minimum Gasteiger partial charge on any atom is -0.0628 e. The molecule has 0 aliphatic carbocycles. The van der Waals surface area contributed by atoms with Crippen LogP contribution in [-0.4, -0.2) is 0 Å². The minimum atomic E-state index is 0.862. The molecule has 1 aromatic carbocycles. The summed E-state index contributed by atoms with van der Waals surface area (Å²) in [6.45, 7) is 7.02. The van der Waals surface area contributed by atoms with Gasteiger partial charge in [0.15, 0.2) is 0 Å². The van der Waals surface area contributed by atoms with Gasteiger partial charge in [0.2, 0.25) is 0 Å². The molecule has 0 saturated heterocycles. The lowest BCUT2D eigenvalue weighted by Gasteiger charge is -2.12. The Hall–Kier alpha value is -0.780. The van der Waals surface area contributed by atoms with Gasteiger partial charge in [0, 0.05) is 0 Å². The predicted molar refractivity (Wildman–Crippen MR) is 72.6 cm³/mol. The number of hydrogen-bond acceptors (Lipinski definition) is 0. The molecule has 0 spiro atoms. The fourth-order valence-corrected chi connectivity index (χ4v) is 2.08. The van der Waals surface area contributed by atoms with E-state index in [1.807, 2.05) is 0 Å².